The Labute approximate surface area is 244 Å². The molecule has 1 saturated carbocycles. The van der Waals surface area contributed by atoms with Crippen LogP contribution in [-0.4, -0.2) is 68.6 Å². The molecule has 4 amide bonds. The predicted octanol–water partition coefficient (Wildman–Crippen LogP) is 3.29. The monoisotopic (exact) mass is 598 g/mol. The standard InChI is InChI=1S/C29H24Cl2N2O8/c1-32-26(39)28(30)12-19-16(22(29(28,31)27(32)40)17-7-6-15(34)11-20(17)41-2)8-9-18-21(19)24(36)33(23(18)35)14-5-3-4-13(10-14)25(37)38/h3-8,10-11,18-19,21-22,34H,9,12H2,1-2H3,(H,37,38). The maximum absolute atomic E-state index is 14.0. The lowest BCUT2D eigenvalue weighted by atomic mass is 9.56. The molecular weight excluding hydrogens is 575 g/mol. The summed E-state index contributed by atoms with van der Waals surface area (Å²) in [5.74, 6) is -7.09. The molecule has 0 radical (unpaired) electrons. The summed E-state index contributed by atoms with van der Waals surface area (Å²) in [6.07, 6.45) is 1.74. The SMILES string of the molecule is COc1cc(O)ccc1C1C2=CCC3C(=O)N(c4cccc(C(=O)O)c4)C(=O)C3C2CC2(Cl)C(=O)N(C)C(=O)C12Cl. The molecule has 10 nitrogen and oxygen atoms in total. The zero-order valence-electron chi connectivity index (χ0n) is 21.8. The van der Waals surface area contributed by atoms with Gasteiger partial charge in [-0.05, 0) is 43.0 Å². The van der Waals surface area contributed by atoms with Crippen LogP contribution in [0.15, 0.2) is 54.1 Å². The van der Waals surface area contributed by atoms with E-state index in [0.29, 0.717) is 11.1 Å². The number of rotatable bonds is 4. The highest BCUT2D eigenvalue weighted by molar-refractivity contribution is 6.53. The lowest BCUT2D eigenvalue weighted by Gasteiger charge is -2.51. The maximum atomic E-state index is 14.0. The van der Waals surface area contributed by atoms with E-state index in [1.165, 1.54) is 56.6 Å². The topological polar surface area (TPSA) is 142 Å². The number of carbonyl (C=O) groups is 5. The van der Waals surface area contributed by atoms with Crippen molar-refractivity contribution < 1.29 is 38.9 Å². The third-order valence-electron chi connectivity index (χ3n) is 8.89. The summed E-state index contributed by atoms with van der Waals surface area (Å²) in [5.41, 5.74) is 1.00. The van der Waals surface area contributed by atoms with E-state index in [1.807, 2.05) is 0 Å². The van der Waals surface area contributed by atoms with E-state index in [-0.39, 0.29) is 35.6 Å². The number of ether oxygens (including phenoxy) is 1. The van der Waals surface area contributed by atoms with Crippen LogP contribution in [0.25, 0.3) is 0 Å². The van der Waals surface area contributed by atoms with Gasteiger partial charge in [0.2, 0.25) is 11.8 Å². The molecule has 2 heterocycles. The molecule has 6 rings (SSSR count). The Morgan fingerprint density at radius 2 is 1.76 bits per heavy atom. The molecule has 6 unspecified atom stereocenters. The second kappa shape index (κ2) is 9.06. The number of imide groups is 2. The molecule has 2 saturated heterocycles. The average Bonchev–Trinajstić information content (AvgIpc) is 3.28. The Balaban J connectivity index is 1.52. The molecule has 2 aromatic rings. The van der Waals surface area contributed by atoms with Gasteiger partial charge in [0.1, 0.15) is 11.5 Å². The molecule has 3 fully saturated rings. The van der Waals surface area contributed by atoms with Crippen LogP contribution in [-0.2, 0) is 19.2 Å². The lowest BCUT2D eigenvalue weighted by molar-refractivity contribution is -0.138. The minimum Gasteiger partial charge on any atom is -0.508 e. The maximum Gasteiger partial charge on any atom is 0.335 e. The Hall–Kier alpha value is -3.89. The van der Waals surface area contributed by atoms with Gasteiger partial charge in [0.25, 0.3) is 11.8 Å². The highest BCUT2D eigenvalue weighted by Gasteiger charge is 2.76. The number of aromatic hydroxyl groups is 1. The molecule has 2 aliphatic heterocycles. The molecule has 2 aliphatic carbocycles. The van der Waals surface area contributed by atoms with E-state index in [9.17, 15) is 34.2 Å². The summed E-state index contributed by atoms with van der Waals surface area (Å²) >= 11 is 14.3. The van der Waals surface area contributed by atoms with E-state index in [4.69, 9.17) is 27.9 Å². The third kappa shape index (κ3) is 3.47. The molecular formula is C29H24Cl2N2O8. The molecule has 0 spiro atoms. The van der Waals surface area contributed by atoms with Gasteiger partial charge in [0, 0.05) is 24.6 Å². The number of phenols is 1. The van der Waals surface area contributed by atoms with Gasteiger partial charge in [-0.25, -0.2) is 4.79 Å². The average molecular weight is 599 g/mol. The number of methoxy groups -OCH3 is 1. The largest absolute Gasteiger partial charge is 0.508 e. The minimum absolute atomic E-state index is 0.0846. The van der Waals surface area contributed by atoms with Crippen LogP contribution < -0.4 is 9.64 Å². The van der Waals surface area contributed by atoms with Gasteiger partial charge < -0.3 is 14.9 Å². The second-order valence-corrected chi connectivity index (χ2v) is 12.0. The van der Waals surface area contributed by atoms with Crippen molar-refractivity contribution in [2.75, 3.05) is 19.1 Å². The molecule has 212 valence electrons. The number of nitrogens with zero attached hydrogens (tertiary/aromatic N) is 2. The van der Waals surface area contributed by atoms with Crippen LogP contribution in [0.2, 0.25) is 0 Å². The van der Waals surface area contributed by atoms with Crippen molar-refractivity contribution in [1.29, 1.82) is 0 Å². The fourth-order valence-corrected chi connectivity index (χ4v) is 8.07. The van der Waals surface area contributed by atoms with Crippen LogP contribution in [0.1, 0.15) is 34.7 Å². The smallest absolute Gasteiger partial charge is 0.335 e. The molecule has 0 aromatic heterocycles. The van der Waals surface area contributed by atoms with Crippen molar-refractivity contribution in [3.8, 4) is 11.5 Å². The number of anilines is 1. The summed E-state index contributed by atoms with van der Waals surface area (Å²) in [5, 5.41) is 19.5. The van der Waals surface area contributed by atoms with Crippen molar-refractivity contribution in [3.63, 3.8) is 0 Å². The van der Waals surface area contributed by atoms with E-state index < -0.39 is 63.0 Å². The van der Waals surface area contributed by atoms with Crippen molar-refractivity contribution in [1.82, 2.24) is 4.90 Å². The molecule has 41 heavy (non-hydrogen) atoms. The molecule has 0 bridgehead atoms. The number of allylic oxidation sites excluding steroid dienone is 2. The highest BCUT2D eigenvalue weighted by Crippen LogP contribution is 2.66. The van der Waals surface area contributed by atoms with Crippen molar-refractivity contribution in [3.05, 3.63) is 65.2 Å². The van der Waals surface area contributed by atoms with E-state index in [1.54, 1.807) is 6.08 Å². The van der Waals surface area contributed by atoms with Crippen LogP contribution in [0.3, 0.4) is 0 Å². The third-order valence-corrected chi connectivity index (χ3v) is 10.3. The van der Waals surface area contributed by atoms with E-state index >= 15 is 0 Å². The first-order valence-electron chi connectivity index (χ1n) is 12.8. The van der Waals surface area contributed by atoms with Crippen molar-refractivity contribution >= 4 is 58.5 Å². The number of likely N-dealkylation sites (tertiary alicyclic amines) is 1. The number of fused-ring (bicyclic) bond motifs is 4. The van der Waals surface area contributed by atoms with Gasteiger partial charge in [-0.1, -0.05) is 23.8 Å². The molecule has 2 N–H and O–H groups in total. The molecule has 2 aromatic carbocycles. The van der Waals surface area contributed by atoms with Gasteiger partial charge in [-0.15, -0.1) is 23.2 Å². The Morgan fingerprint density at radius 1 is 1.02 bits per heavy atom. The minimum atomic E-state index is -1.99. The number of hydrogen-bond donors (Lipinski definition) is 2. The van der Waals surface area contributed by atoms with Crippen LogP contribution in [0, 0.1) is 17.8 Å². The number of carboxylic acids is 1. The number of hydrogen-bond acceptors (Lipinski definition) is 7. The first-order valence-corrected chi connectivity index (χ1v) is 13.6. The zero-order chi connectivity index (χ0) is 29.6. The quantitative estimate of drug-likeness (QED) is 0.310. The Bertz CT molecular complexity index is 1610. The Morgan fingerprint density at radius 3 is 2.44 bits per heavy atom. The Kier molecular flexibility index (Phi) is 6.03. The zero-order valence-corrected chi connectivity index (χ0v) is 23.3. The number of carboxylic acid groups (broad SMARTS) is 1. The fraction of sp³-hybridized carbons (Fsp3) is 0.345. The van der Waals surface area contributed by atoms with Gasteiger partial charge in [-0.3, -0.25) is 29.0 Å². The first kappa shape index (κ1) is 27.3. The number of phenolic OH excluding ortho intramolecular Hbond substituents is 1. The highest BCUT2D eigenvalue weighted by atomic mass is 35.5. The normalized spacial score (nSPS) is 32.4. The van der Waals surface area contributed by atoms with Gasteiger partial charge in [0.15, 0.2) is 9.75 Å². The fourth-order valence-electron chi connectivity index (χ4n) is 7.06. The summed E-state index contributed by atoms with van der Waals surface area (Å²) in [7, 11) is 2.68. The molecule has 4 aliphatic rings. The van der Waals surface area contributed by atoms with Crippen LogP contribution in [0.5, 0.6) is 11.5 Å². The van der Waals surface area contributed by atoms with E-state index in [2.05, 4.69) is 0 Å². The molecule has 12 heteroatoms. The summed E-state index contributed by atoms with van der Waals surface area (Å²) in [4.78, 5) is 64.3. The van der Waals surface area contributed by atoms with Gasteiger partial charge in [0.05, 0.1) is 30.2 Å². The van der Waals surface area contributed by atoms with Crippen LogP contribution >= 0.6 is 23.2 Å². The second-order valence-electron chi connectivity index (χ2n) is 10.8. The summed E-state index contributed by atoms with van der Waals surface area (Å²) in [6, 6.07) is 9.85. The van der Waals surface area contributed by atoms with Gasteiger partial charge >= 0.3 is 5.97 Å². The van der Waals surface area contributed by atoms with Gasteiger partial charge in [-0.2, -0.15) is 0 Å². The number of amides is 4. The predicted molar refractivity (Wildman–Crippen MR) is 146 cm³/mol. The van der Waals surface area contributed by atoms with Crippen molar-refractivity contribution in [2.45, 2.75) is 28.5 Å². The number of carbonyl (C=O) groups excluding carboxylic acids is 4. The van der Waals surface area contributed by atoms with E-state index in [0.717, 1.165) is 9.80 Å². The number of aromatic carboxylic acids is 1. The summed E-state index contributed by atoms with van der Waals surface area (Å²) in [6.45, 7) is 0. The molecule has 6 atom stereocenters. The first-order chi connectivity index (χ1) is 19.4. The van der Waals surface area contributed by atoms with Crippen LogP contribution in [0.4, 0.5) is 5.69 Å². The number of halogens is 2. The number of alkyl halides is 2. The lowest BCUT2D eigenvalue weighted by Crippen LogP contribution is -2.60. The number of benzene rings is 2. The van der Waals surface area contributed by atoms with Crippen molar-refractivity contribution in [2.24, 2.45) is 17.8 Å². The summed E-state index contributed by atoms with van der Waals surface area (Å²) < 4.78 is 5.53.